The molecule has 0 aromatic heterocycles. The number of amides is 5. The van der Waals surface area contributed by atoms with Crippen molar-refractivity contribution in [1.82, 2.24) is 26.2 Å². The predicted octanol–water partition coefficient (Wildman–Crippen LogP) is -0.902. The van der Waals surface area contributed by atoms with Gasteiger partial charge in [-0.1, -0.05) is 58.0 Å². The van der Waals surface area contributed by atoms with Crippen LogP contribution in [0.25, 0.3) is 0 Å². The molecule has 0 unspecified atom stereocenters. The number of aliphatic hydroxyl groups excluding tert-OH is 1. The number of likely N-dealkylation sites (tertiary alicyclic amines) is 1. The van der Waals surface area contributed by atoms with Gasteiger partial charge in [-0.3, -0.25) is 29.0 Å². The Morgan fingerprint density at radius 2 is 1.45 bits per heavy atom. The molecular formula is C36H59N9O8. The number of aliphatic carboxylic acids is 1. The lowest BCUT2D eigenvalue weighted by atomic mass is 9.99. The van der Waals surface area contributed by atoms with E-state index < -0.39 is 77.9 Å². The molecule has 7 atom stereocenters. The summed E-state index contributed by atoms with van der Waals surface area (Å²) in [6.07, 6.45) is 0.336. The van der Waals surface area contributed by atoms with E-state index in [0.29, 0.717) is 12.8 Å². The topological polar surface area (TPSA) is 285 Å². The molecule has 0 aliphatic carbocycles. The van der Waals surface area contributed by atoms with Gasteiger partial charge in [-0.25, -0.2) is 4.79 Å². The molecule has 296 valence electrons. The molecule has 1 heterocycles. The normalized spacial score (nSPS) is 17.5. The van der Waals surface area contributed by atoms with Gasteiger partial charge in [0.1, 0.15) is 30.2 Å². The van der Waals surface area contributed by atoms with Crippen molar-refractivity contribution in [3.63, 3.8) is 0 Å². The summed E-state index contributed by atoms with van der Waals surface area (Å²) in [5.41, 5.74) is 17.6. The van der Waals surface area contributed by atoms with Gasteiger partial charge >= 0.3 is 5.97 Å². The van der Waals surface area contributed by atoms with E-state index in [1.807, 2.05) is 58.0 Å². The van der Waals surface area contributed by atoms with Gasteiger partial charge in [-0.05, 0) is 69.3 Å². The lowest BCUT2D eigenvalue weighted by molar-refractivity contribution is -0.145. The Kier molecular flexibility index (Phi) is 18.2. The summed E-state index contributed by atoms with van der Waals surface area (Å²) in [7, 11) is 0. The Morgan fingerprint density at radius 1 is 0.849 bits per heavy atom. The Labute approximate surface area is 311 Å². The summed E-state index contributed by atoms with van der Waals surface area (Å²) in [4.78, 5) is 84.6. The van der Waals surface area contributed by atoms with E-state index in [0.717, 1.165) is 5.56 Å². The number of aliphatic imine (C=N–C) groups is 1. The van der Waals surface area contributed by atoms with Crippen molar-refractivity contribution in [2.75, 3.05) is 13.1 Å². The first kappa shape index (κ1) is 44.4. The molecule has 0 spiro atoms. The molecule has 0 radical (unpaired) electrons. The minimum absolute atomic E-state index is 0.0376. The SMILES string of the molecule is CC(C)C[C@H](NC(=O)[C@@H](N)Cc1ccccc1)C(=O)N[C@H](C(=O)N[C@@H](CC(C)C)C(=O)N1CCC[C@H]1C(=O)N[C@@H](CCCN=C(N)N)C(=O)O)[C@@H](C)O. The van der Waals surface area contributed by atoms with Gasteiger partial charge in [0.05, 0.1) is 12.1 Å². The zero-order valence-corrected chi connectivity index (χ0v) is 31.4. The van der Waals surface area contributed by atoms with Crippen LogP contribution in [0.4, 0.5) is 0 Å². The Bertz CT molecular complexity index is 1420. The fourth-order valence-corrected chi connectivity index (χ4v) is 6.09. The van der Waals surface area contributed by atoms with Crippen LogP contribution in [0.3, 0.4) is 0 Å². The molecule has 1 fully saturated rings. The van der Waals surface area contributed by atoms with Gasteiger partial charge in [0.2, 0.25) is 29.5 Å². The zero-order chi connectivity index (χ0) is 39.8. The van der Waals surface area contributed by atoms with Crippen LogP contribution in [0.2, 0.25) is 0 Å². The van der Waals surface area contributed by atoms with Crippen molar-refractivity contribution in [2.24, 2.45) is 34.0 Å². The highest BCUT2D eigenvalue weighted by Crippen LogP contribution is 2.21. The number of carboxylic acids is 1. The number of carbonyl (C=O) groups is 6. The smallest absolute Gasteiger partial charge is 0.326 e. The number of hydrogen-bond donors (Lipinski definition) is 9. The molecule has 1 aromatic carbocycles. The number of guanidine groups is 1. The largest absolute Gasteiger partial charge is 0.480 e. The van der Waals surface area contributed by atoms with Gasteiger partial charge < -0.3 is 53.6 Å². The standard InChI is InChI=1S/C36H59N9O8/c1-20(2)17-26(42-30(47)24(37)19-23-11-7-6-8-12-23)31(48)44-29(22(5)46)33(50)43-27(18-21(3)4)34(51)45-16-10-14-28(45)32(49)41-25(35(52)53)13-9-15-40-36(38)39/h6-8,11-12,20-22,24-29,46H,9-10,13-19,37H2,1-5H3,(H,41,49)(H,42,47)(H,43,50)(H,44,48)(H,52,53)(H4,38,39,40)/t22-,24+,25+,26+,27+,28+,29+/m1/s1. The number of nitrogens with two attached hydrogens (primary N) is 3. The summed E-state index contributed by atoms with van der Waals surface area (Å²) in [5.74, 6) is -4.82. The van der Waals surface area contributed by atoms with E-state index in [2.05, 4.69) is 26.3 Å². The average molecular weight is 746 g/mol. The van der Waals surface area contributed by atoms with E-state index in [1.54, 1.807) is 0 Å². The third-order valence-corrected chi connectivity index (χ3v) is 8.76. The highest BCUT2D eigenvalue weighted by molar-refractivity contribution is 5.96. The van der Waals surface area contributed by atoms with Crippen LogP contribution in [-0.4, -0.2) is 112 Å². The van der Waals surface area contributed by atoms with E-state index >= 15 is 0 Å². The molecule has 12 N–H and O–H groups in total. The Balaban J connectivity index is 2.18. The first-order valence-electron chi connectivity index (χ1n) is 18.2. The maximum absolute atomic E-state index is 14.0. The number of benzene rings is 1. The molecule has 1 saturated heterocycles. The third-order valence-electron chi connectivity index (χ3n) is 8.76. The summed E-state index contributed by atoms with van der Waals surface area (Å²) in [5, 5.41) is 30.7. The number of carboxylic acid groups (broad SMARTS) is 1. The number of rotatable bonds is 21. The van der Waals surface area contributed by atoms with Crippen molar-refractivity contribution in [3.05, 3.63) is 35.9 Å². The quantitative estimate of drug-likeness (QED) is 0.0422. The van der Waals surface area contributed by atoms with Gasteiger partial charge in [-0.2, -0.15) is 0 Å². The molecule has 0 saturated carbocycles. The highest BCUT2D eigenvalue weighted by Gasteiger charge is 2.40. The molecule has 17 heteroatoms. The molecule has 2 rings (SSSR count). The van der Waals surface area contributed by atoms with Crippen LogP contribution >= 0.6 is 0 Å². The van der Waals surface area contributed by atoms with Gasteiger partial charge in [0, 0.05) is 13.1 Å². The number of nitrogens with one attached hydrogen (secondary N) is 4. The number of carbonyl (C=O) groups excluding carboxylic acids is 5. The average Bonchev–Trinajstić information content (AvgIpc) is 3.57. The molecular weight excluding hydrogens is 686 g/mol. The summed E-state index contributed by atoms with van der Waals surface area (Å²) >= 11 is 0. The van der Waals surface area contributed by atoms with Crippen molar-refractivity contribution in [2.45, 2.75) is 122 Å². The monoisotopic (exact) mass is 745 g/mol. The summed E-state index contributed by atoms with van der Waals surface area (Å²) < 4.78 is 0. The van der Waals surface area contributed by atoms with Crippen LogP contribution in [0.1, 0.15) is 78.7 Å². The van der Waals surface area contributed by atoms with Crippen LogP contribution < -0.4 is 38.5 Å². The van der Waals surface area contributed by atoms with Crippen LogP contribution in [-0.2, 0) is 35.2 Å². The summed E-state index contributed by atoms with van der Waals surface area (Å²) in [6.45, 7) is 9.10. The fourth-order valence-electron chi connectivity index (χ4n) is 6.09. The number of hydrogen-bond acceptors (Lipinski definition) is 9. The van der Waals surface area contributed by atoms with E-state index in [4.69, 9.17) is 17.2 Å². The maximum Gasteiger partial charge on any atom is 0.326 e. The molecule has 1 aliphatic heterocycles. The molecule has 1 aromatic rings. The van der Waals surface area contributed by atoms with Crippen molar-refractivity contribution in [3.8, 4) is 0 Å². The minimum Gasteiger partial charge on any atom is -0.480 e. The second kappa shape index (κ2) is 21.7. The summed E-state index contributed by atoms with van der Waals surface area (Å²) in [6, 6.07) is 2.31. The molecule has 5 amide bonds. The number of aliphatic hydroxyl groups is 1. The van der Waals surface area contributed by atoms with Gasteiger partial charge in [-0.15, -0.1) is 0 Å². The van der Waals surface area contributed by atoms with Crippen LogP contribution in [0.15, 0.2) is 35.3 Å². The van der Waals surface area contributed by atoms with Crippen molar-refractivity contribution >= 4 is 41.5 Å². The van der Waals surface area contributed by atoms with E-state index in [9.17, 15) is 39.0 Å². The van der Waals surface area contributed by atoms with Crippen LogP contribution in [0.5, 0.6) is 0 Å². The third kappa shape index (κ3) is 15.0. The molecule has 1 aliphatic rings. The molecule has 0 bridgehead atoms. The van der Waals surface area contributed by atoms with Gasteiger partial charge in [0.15, 0.2) is 5.96 Å². The second-order valence-electron chi connectivity index (χ2n) is 14.4. The first-order chi connectivity index (χ1) is 24.9. The highest BCUT2D eigenvalue weighted by atomic mass is 16.4. The van der Waals surface area contributed by atoms with E-state index in [-0.39, 0.29) is 63.0 Å². The Hall–Kier alpha value is -4.77. The predicted molar refractivity (Wildman–Crippen MR) is 199 cm³/mol. The van der Waals surface area contributed by atoms with Crippen LogP contribution in [0, 0.1) is 11.8 Å². The Morgan fingerprint density at radius 3 is 2.02 bits per heavy atom. The lowest BCUT2D eigenvalue weighted by Gasteiger charge is -2.32. The van der Waals surface area contributed by atoms with Crippen molar-refractivity contribution in [1.29, 1.82) is 0 Å². The lowest BCUT2D eigenvalue weighted by Crippen LogP contribution is -2.61. The second-order valence-corrected chi connectivity index (χ2v) is 14.4. The molecule has 53 heavy (non-hydrogen) atoms. The zero-order valence-electron chi connectivity index (χ0n) is 31.4. The van der Waals surface area contributed by atoms with Gasteiger partial charge in [0.25, 0.3) is 0 Å². The number of nitrogens with zero attached hydrogens (tertiary/aromatic N) is 2. The fraction of sp³-hybridized carbons (Fsp3) is 0.639. The minimum atomic E-state index is -1.50. The first-order valence-corrected chi connectivity index (χ1v) is 18.2. The van der Waals surface area contributed by atoms with E-state index in [1.165, 1.54) is 11.8 Å². The molecule has 17 nitrogen and oxygen atoms in total. The maximum atomic E-state index is 14.0. The van der Waals surface area contributed by atoms with Crippen molar-refractivity contribution < 1.29 is 39.0 Å².